The lowest BCUT2D eigenvalue weighted by Crippen LogP contribution is -2.68. The molecule has 0 aromatic carbocycles. The van der Waals surface area contributed by atoms with Gasteiger partial charge in [-0.15, -0.1) is 0 Å². The van der Waals surface area contributed by atoms with Crippen molar-refractivity contribution in [2.24, 2.45) is 10.8 Å². The molecule has 3 N–H and O–H groups in total. The Balaban J connectivity index is 1.54. The Bertz CT molecular complexity index is 1120. The van der Waals surface area contributed by atoms with Gasteiger partial charge in [0.2, 0.25) is 0 Å². The highest BCUT2D eigenvalue weighted by atomic mass is 16.6. The van der Waals surface area contributed by atoms with Crippen LogP contribution in [0.4, 0.5) is 0 Å². The van der Waals surface area contributed by atoms with Gasteiger partial charge in [-0.05, 0) is 38.3 Å². The van der Waals surface area contributed by atoms with E-state index in [9.17, 15) is 24.9 Å². The third kappa shape index (κ3) is 4.61. The summed E-state index contributed by atoms with van der Waals surface area (Å²) in [4.78, 5) is 25.9. The van der Waals surface area contributed by atoms with Crippen LogP contribution in [0.5, 0.6) is 0 Å². The zero-order valence-corrected chi connectivity index (χ0v) is 22.7. The molecular weight excluding hydrogens is 508 g/mol. The highest BCUT2D eigenvalue weighted by Gasteiger charge is 2.83. The van der Waals surface area contributed by atoms with Gasteiger partial charge in [0.25, 0.3) is 0 Å². The molecule has 39 heavy (non-hydrogen) atoms. The van der Waals surface area contributed by atoms with Crippen LogP contribution >= 0.6 is 0 Å². The van der Waals surface area contributed by atoms with Crippen molar-refractivity contribution in [2.75, 3.05) is 19.8 Å². The number of cyclic esters (lactones) is 1. The van der Waals surface area contributed by atoms with Crippen LogP contribution in [-0.2, 0) is 33.3 Å². The van der Waals surface area contributed by atoms with Crippen LogP contribution in [0, 0.1) is 10.8 Å². The fourth-order valence-corrected chi connectivity index (χ4v) is 6.84. The molecule has 0 aromatic rings. The SMILES string of the molecule is CC1=CC(=O)OCC23CC(O)C(C)=CC2OC2CC(OC(=O)C=CC=CC(C(C)O)OCC1O)C3(C)C21CO1. The highest BCUT2D eigenvalue weighted by Crippen LogP contribution is 2.72. The summed E-state index contributed by atoms with van der Waals surface area (Å²) in [5.74, 6) is -1.23. The Labute approximate surface area is 227 Å². The number of esters is 2. The monoisotopic (exact) mass is 546 g/mol. The van der Waals surface area contributed by atoms with E-state index in [0.717, 1.165) is 5.57 Å². The summed E-state index contributed by atoms with van der Waals surface area (Å²) in [5.41, 5.74) is -1.40. The Morgan fingerprint density at radius 3 is 2.46 bits per heavy atom. The Hall–Kier alpha value is -2.34. The quantitative estimate of drug-likeness (QED) is 0.250. The van der Waals surface area contributed by atoms with Gasteiger partial charge in [-0.3, -0.25) is 0 Å². The van der Waals surface area contributed by atoms with E-state index in [4.69, 9.17) is 23.7 Å². The molecule has 10 heteroatoms. The number of carbonyl (C=O) groups is 2. The molecule has 0 radical (unpaired) electrons. The van der Waals surface area contributed by atoms with Crippen molar-refractivity contribution in [1.82, 2.24) is 0 Å². The summed E-state index contributed by atoms with van der Waals surface area (Å²) < 4.78 is 30.1. The minimum atomic E-state index is -1.11. The van der Waals surface area contributed by atoms with Gasteiger partial charge in [0.05, 0.1) is 49.1 Å². The molecule has 2 spiro atoms. The average molecular weight is 547 g/mol. The van der Waals surface area contributed by atoms with E-state index in [-0.39, 0.29) is 25.7 Å². The molecular formula is C29H38O10. The number of hydrogen-bond acceptors (Lipinski definition) is 10. The molecule has 2 aliphatic carbocycles. The van der Waals surface area contributed by atoms with Crippen LogP contribution in [0.2, 0.25) is 0 Å². The van der Waals surface area contributed by atoms with Crippen molar-refractivity contribution >= 4 is 11.9 Å². The molecule has 214 valence electrons. The van der Waals surface area contributed by atoms with Gasteiger partial charge < -0.3 is 39.0 Å². The second-order valence-electron chi connectivity index (χ2n) is 11.7. The minimum Gasteiger partial charge on any atom is -0.462 e. The summed E-state index contributed by atoms with van der Waals surface area (Å²) in [7, 11) is 0. The zero-order chi connectivity index (χ0) is 28.2. The molecule has 3 fully saturated rings. The number of ether oxygens (including phenoxy) is 5. The van der Waals surface area contributed by atoms with Crippen LogP contribution in [0.3, 0.4) is 0 Å². The van der Waals surface area contributed by atoms with Crippen molar-refractivity contribution < 1.29 is 48.6 Å². The van der Waals surface area contributed by atoms with E-state index in [1.54, 1.807) is 26.0 Å². The second kappa shape index (κ2) is 10.2. The first kappa shape index (κ1) is 28.2. The van der Waals surface area contributed by atoms with Gasteiger partial charge in [-0.1, -0.05) is 31.2 Å². The van der Waals surface area contributed by atoms with Crippen LogP contribution in [0.1, 0.15) is 40.5 Å². The lowest BCUT2D eigenvalue weighted by Gasteiger charge is -2.58. The third-order valence-electron chi connectivity index (χ3n) is 9.48. The first-order valence-corrected chi connectivity index (χ1v) is 13.5. The van der Waals surface area contributed by atoms with Crippen LogP contribution in [-0.4, -0.2) is 95.4 Å². The molecule has 10 nitrogen and oxygen atoms in total. The van der Waals surface area contributed by atoms with E-state index < -0.39 is 65.0 Å². The van der Waals surface area contributed by atoms with Gasteiger partial charge in [-0.2, -0.15) is 0 Å². The molecule has 5 aliphatic rings. The molecule has 10 atom stereocenters. The second-order valence-corrected chi connectivity index (χ2v) is 11.7. The lowest BCUT2D eigenvalue weighted by atomic mass is 9.51. The highest BCUT2D eigenvalue weighted by molar-refractivity contribution is 5.83. The fourth-order valence-electron chi connectivity index (χ4n) is 6.84. The number of aliphatic hydroxyl groups excluding tert-OH is 3. The van der Waals surface area contributed by atoms with Crippen molar-refractivity contribution in [3.8, 4) is 0 Å². The van der Waals surface area contributed by atoms with Gasteiger partial charge in [0, 0.05) is 24.0 Å². The first-order chi connectivity index (χ1) is 18.4. The minimum absolute atomic E-state index is 0.112. The van der Waals surface area contributed by atoms with E-state index in [1.165, 1.54) is 18.2 Å². The van der Waals surface area contributed by atoms with E-state index >= 15 is 0 Å². The fraction of sp³-hybridized carbons (Fsp3) is 0.655. The predicted octanol–water partition coefficient (Wildman–Crippen LogP) is 1.28. The maximum atomic E-state index is 13.0. The van der Waals surface area contributed by atoms with Crippen molar-refractivity contribution in [2.45, 2.75) is 88.9 Å². The summed E-state index contributed by atoms with van der Waals surface area (Å²) >= 11 is 0. The van der Waals surface area contributed by atoms with E-state index in [0.29, 0.717) is 18.6 Å². The Kier molecular flexibility index (Phi) is 7.41. The molecule has 0 aromatic heterocycles. The van der Waals surface area contributed by atoms with Crippen LogP contribution in [0.15, 0.2) is 47.6 Å². The summed E-state index contributed by atoms with van der Waals surface area (Å²) in [5, 5.41) is 31.6. The molecule has 10 unspecified atom stereocenters. The van der Waals surface area contributed by atoms with E-state index in [2.05, 4.69) is 0 Å². The number of epoxide rings is 1. The zero-order valence-electron chi connectivity index (χ0n) is 22.7. The van der Waals surface area contributed by atoms with Gasteiger partial charge in [-0.25, -0.2) is 9.59 Å². The van der Waals surface area contributed by atoms with E-state index in [1.807, 2.05) is 19.9 Å². The summed E-state index contributed by atoms with van der Waals surface area (Å²) in [6.07, 6.45) is 4.68. The predicted molar refractivity (Wildman–Crippen MR) is 137 cm³/mol. The molecule has 2 saturated heterocycles. The van der Waals surface area contributed by atoms with Gasteiger partial charge in [0.1, 0.15) is 24.4 Å². The van der Waals surface area contributed by atoms with Gasteiger partial charge in [0.15, 0.2) is 0 Å². The largest absolute Gasteiger partial charge is 0.462 e. The van der Waals surface area contributed by atoms with Crippen LogP contribution in [0.25, 0.3) is 0 Å². The summed E-state index contributed by atoms with van der Waals surface area (Å²) in [6, 6.07) is 0. The maximum Gasteiger partial charge on any atom is 0.331 e. The Morgan fingerprint density at radius 1 is 1.03 bits per heavy atom. The number of allylic oxidation sites excluding steroid dienone is 2. The molecule has 2 bridgehead atoms. The molecule has 1 saturated carbocycles. The Morgan fingerprint density at radius 2 is 1.77 bits per heavy atom. The smallest absolute Gasteiger partial charge is 0.331 e. The summed E-state index contributed by atoms with van der Waals surface area (Å²) in [6.45, 7) is 7.09. The lowest BCUT2D eigenvalue weighted by molar-refractivity contribution is -0.238. The van der Waals surface area contributed by atoms with Crippen molar-refractivity contribution in [3.05, 3.63) is 47.6 Å². The topological polar surface area (TPSA) is 144 Å². The standard InChI is InChI=1S/C29H38O10/c1-16-9-23-28(12-19(16)31)14-36-26(34)10-17(2)20(32)13-35-21(18(3)30)7-5-6-8-25(33)39-22-11-24(38-23)29(15-37-29)27(22,28)4/h5-10,18-24,30-32H,11-15H2,1-4H3. The molecule has 5 rings (SSSR count). The maximum absolute atomic E-state index is 13.0. The molecule has 3 aliphatic heterocycles. The van der Waals surface area contributed by atoms with Crippen LogP contribution < -0.4 is 0 Å². The van der Waals surface area contributed by atoms with Gasteiger partial charge >= 0.3 is 11.9 Å². The number of carbonyl (C=O) groups excluding carboxylic acids is 2. The molecule has 0 amide bonds. The average Bonchev–Trinajstić information content (AvgIpc) is 3.65. The van der Waals surface area contributed by atoms with Crippen molar-refractivity contribution in [1.29, 1.82) is 0 Å². The molecule has 3 heterocycles. The van der Waals surface area contributed by atoms with Crippen molar-refractivity contribution in [3.63, 3.8) is 0 Å². The normalized spacial score (nSPS) is 45.3. The number of hydrogen-bond donors (Lipinski definition) is 3. The number of aliphatic hydroxyl groups is 3. The number of rotatable bonds is 1. The first-order valence-electron chi connectivity index (χ1n) is 13.5. The third-order valence-corrected chi connectivity index (χ3v) is 9.48.